The molecule has 4 aromatic rings. The first-order valence-electron chi connectivity index (χ1n) is 12.7. The summed E-state index contributed by atoms with van der Waals surface area (Å²) in [6.07, 6.45) is 6.69. The molecule has 36 heavy (non-hydrogen) atoms. The summed E-state index contributed by atoms with van der Waals surface area (Å²) in [6, 6.07) is 31.4. The quantitative estimate of drug-likeness (QED) is 0.124. The van der Waals surface area contributed by atoms with Crippen molar-refractivity contribution in [3.63, 3.8) is 0 Å². The van der Waals surface area contributed by atoms with Crippen LogP contribution in [0.2, 0.25) is 0 Å². The Morgan fingerprint density at radius 2 is 1.25 bits per heavy atom. The first kappa shape index (κ1) is 27.2. The van der Waals surface area contributed by atoms with Crippen LogP contribution in [-0.2, 0) is 6.42 Å². The molecule has 0 saturated carbocycles. The number of hydrogen-bond donors (Lipinski definition) is 0. The maximum atomic E-state index is 3.16. The molecule has 1 aromatic heterocycles. The van der Waals surface area contributed by atoms with Crippen LogP contribution in [0.25, 0.3) is 0 Å². The molecule has 1 nitrogen and oxygen atoms in total. The van der Waals surface area contributed by atoms with E-state index in [9.17, 15) is 0 Å². The number of nitrogens with zero attached hydrogens (tertiary/aromatic N) is 1. The number of aryl methyl sites for hydroxylation is 1. The van der Waals surface area contributed by atoms with E-state index in [0.29, 0.717) is 14.5 Å². The van der Waals surface area contributed by atoms with Gasteiger partial charge in [0.15, 0.2) is 0 Å². The van der Waals surface area contributed by atoms with Gasteiger partial charge in [-0.1, -0.05) is 42.3 Å². The van der Waals surface area contributed by atoms with E-state index in [0.717, 1.165) is 22.6 Å². The minimum atomic E-state index is 0.531. The zero-order valence-corrected chi connectivity index (χ0v) is 23.3. The summed E-state index contributed by atoms with van der Waals surface area (Å²) in [5, 5.41) is 0. The minimum Gasteiger partial charge on any atom is -0.311 e. The van der Waals surface area contributed by atoms with Crippen LogP contribution in [-0.4, -0.2) is 14.5 Å². The van der Waals surface area contributed by atoms with Gasteiger partial charge in [-0.05, 0) is 55.5 Å². The van der Waals surface area contributed by atoms with Crippen LogP contribution in [0.3, 0.4) is 0 Å². The fourth-order valence-corrected chi connectivity index (χ4v) is 5.66. The third-order valence-corrected chi connectivity index (χ3v) is 7.52. The molecule has 0 aliphatic carbocycles. The van der Waals surface area contributed by atoms with E-state index >= 15 is 0 Å². The largest absolute Gasteiger partial charge is 0.311 e. The summed E-state index contributed by atoms with van der Waals surface area (Å²) in [5.74, 6) is 12.2. The molecule has 0 aliphatic rings. The molecule has 0 aliphatic heterocycles. The first-order chi connectivity index (χ1) is 17.7. The van der Waals surface area contributed by atoms with Crippen molar-refractivity contribution in [3.8, 4) is 23.7 Å². The Bertz CT molecular complexity index is 1240. The van der Waals surface area contributed by atoms with Crippen molar-refractivity contribution in [2.24, 2.45) is 0 Å². The van der Waals surface area contributed by atoms with Gasteiger partial charge in [-0.15, -0.1) is 5.92 Å². The molecule has 4 rings (SSSR count). The summed E-state index contributed by atoms with van der Waals surface area (Å²) < 4.78 is 1.35. The summed E-state index contributed by atoms with van der Waals surface area (Å²) in [6.45, 7) is 6.02. The second-order valence-corrected chi connectivity index (χ2v) is 10.3. The molecule has 0 bridgehead atoms. The van der Waals surface area contributed by atoms with E-state index in [-0.39, 0.29) is 0 Å². The molecule has 3 aromatic carbocycles. The number of anilines is 3. The second kappa shape index (κ2) is 15.5. The SMILES string of the molecule is CC#Cc1cc(CCCCCC)c[se]1.CC#Cc1ccc(N(c2ccccc2)c2ccccc2)cc1. The number of unbranched alkanes of at least 4 members (excludes halogenated alkanes) is 3. The maximum Gasteiger partial charge on any atom is 0.0462 e. The third kappa shape index (κ3) is 8.66. The minimum absolute atomic E-state index is 0.531. The molecular weight excluding hydrogens is 501 g/mol. The van der Waals surface area contributed by atoms with Gasteiger partial charge in [-0.3, -0.25) is 0 Å². The number of para-hydroxylation sites is 2. The molecule has 0 saturated heterocycles. The Hall–Kier alpha value is -3.42. The van der Waals surface area contributed by atoms with E-state index in [1.54, 1.807) is 0 Å². The number of benzene rings is 3. The predicted octanol–water partition coefficient (Wildman–Crippen LogP) is 8.77. The van der Waals surface area contributed by atoms with Crippen LogP contribution in [0.5, 0.6) is 0 Å². The zero-order valence-electron chi connectivity index (χ0n) is 21.6. The Morgan fingerprint density at radius 3 is 1.81 bits per heavy atom. The van der Waals surface area contributed by atoms with Gasteiger partial charge in [-0.25, -0.2) is 0 Å². The van der Waals surface area contributed by atoms with Crippen LogP contribution in [0.15, 0.2) is 95.9 Å². The van der Waals surface area contributed by atoms with Gasteiger partial charge in [0.1, 0.15) is 0 Å². The Kier molecular flexibility index (Phi) is 11.7. The van der Waals surface area contributed by atoms with Crippen molar-refractivity contribution in [3.05, 3.63) is 112 Å². The van der Waals surface area contributed by atoms with Crippen LogP contribution in [0.4, 0.5) is 17.1 Å². The van der Waals surface area contributed by atoms with Gasteiger partial charge in [0, 0.05) is 22.6 Å². The van der Waals surface area contributed by atoms with Gasteiger partial charge in [0.2, 0.25) is 0 Å². The molecule has 182 valence electrons. The molecule has 0 radical (unpaired) electrons. The summed E-state index contributed by atoms with van der Waals surface area (Å²) in [7, 11) is 0. The summed E-state index contributed by atoms with van der Waals surface area (Å²) in [5.41, 5.74) is 5.97. The smallest absolute Gasteiger partial charge is 0.0462 e. The van der Waals surface area contributed by atoms with Crippen molar-refractivity contribution in [2.45, 2.75) is 52.9 Å². The van der Waals surface area contributed by atoms with Crippen molar-refractivity contribution < 1.29 is 0 Å². The fraction of sp³-hybridized carbons (Fsp3) is 0.235. The van der Waals surface area contributed by atoms with Gasteiger partial charge in [0.05, 0.1) is 0 Å². The third-order valence-electron chi connectivity index (χ3n) is 5.64. The standard InChI is InChI=1S/C21H17N.C13H18Se/c1-2-9-18-14-16-21(17-15-18)22(19-10-5-3-6-11-19)20-12-7-4-8-13-20;1-3-5-6-7-9-12-10-13(8-4-2)14-11-12/h3-8,10-17H,1H3;10-11H,3,5-7,9H2,1-2H3. The van der Waals surface area contributed by atoms with E-state index in [1.807, 2.05) is 26.0 Å². The van der Waals surface area contributed by atoms with Gasteiger partial charge in [0.25, 0.3) is 0 Å². The molecule has 1 heterocycles. The Morgan fingerprint density at radius 1 is 0.667 bits per heavy atom. The second-order valence-electron chi connectivity index (χ2n) is 8.43. The van der Waals surface area contributed by atoms with Crippen LogP contribution < -0.4 is 4.90 Å². The monoisotopic (exact) mass is 537 g/mol. The van der Waals surface area contributed by atoms with Crippen molar-refractivity contribution >= 4 is 31.6 Å². The van der Waals surface area contributed by atoms with E-state index < -0.39 is 0 Å². The van der Waals surface area contributed by atoms with E-state index in [4.69, 9.17) is 0 Å². The van der Waals surface area contributed by atoms with Gasteiger partial charge < -0.3 is 4.90 Å². The Balaban J connectivity index is 0.000000223. The molecule has 0 atom stereocenters. The fourth-order valence-electron chi connectivity index (χ4n) is 3.89. The normalized spacial score (nSPS) is 9.64. The average Bonchev–Trinajstić information content (AvgIpc) is 3.37. The van der Waals surface area contributed by atoms with E-state index in [1.165, 1.54) is 42.1 Å². The Labute approximate surface area is 224 Å². The molecule has 0 unspecified atom stereocenters. The molecule has 0 spiro atoms. The zero-order chi connectivity index (χ0) is 25.4. The van der Waals surface area contributed by atoms with Gasteiger partial charge >= 0.3 is 93.3 Å². The van der Waals surface area contributed by atoms with Crippen molar-refractivity contribution in [1.29, 1.82) is 0 Å². The van der Waals surface area contributed by atoms with Crippen molar-refractivity contribution in [1.82, 2.24) is 0 Å². The van der Waals surface area contributed by atoms with Crippen LogP contribution in [0, 0.1) is 23.7 Å². The molecule has 0 amide bonds. The number of hydrogen-bond acceptors (Lipinski definition) is 1. The van der Waals surface area contributed by atoms with Crippen LogP contribution >= 0.6 is 0 Å². The summed E-state index contributed by atoms with van der Waals surface area (Å²) in [4.78, 5) is 4.63. The molecule has 0 fully saturated rings. The van der Waals surface area contributed by atoms with E-state index in [2.05, 4.69) is 119 Å². The maximum absolute atomic E-state index is 3.16. The first-order valence-corrected chi connectivity index (χ1v) is 14.5. The molecule has 2 heteroatoms. The predicted molar refractivity (Wildman–Crippen MR) is 157 cm³/mol. The van der Waals surface area contributed by atoms with Crippen LogP contribution in [0.1, 0.15) is 62.0 Å². The average molecular weight is 537 g/mol. The topological polar surface area (TPSA) is 3.24 Å². The summed E-state index contributed by atoms with van der Waals surface area (Å²) >= 11 is 0.531. The van der Waals surface area contributed by atoms with Crippen molar-refractivity contribution in [2.75, 3.05) is 4.90 Å². The van der Waals surface area contributed by atoms with Gasteiger partial charge in [-0.2, -0.15) is 0 Å². The molecule has 0 N–H and O–H groups in total. The molecular formula is C34H35NSe. The number of rotatable bonds is 8.